The van der Waals surface area contributed by atoms with Crippen LogP contribution in [-0.2, 0) is 21.7 Å². The van der Waals surface area contributed by atoms with Crippen molar-refractivity contribution in [2.45, 2.75) is 105 Å². The normalized spacial score (nSPS) is 13.2. The second-order valence-electron chi connectivity index (χ2n) is 30.0. The molecule has 0 radical (unpaired) electrons. The first-order valence-electron chi connectivity index (χ1n) is 31.9. The fraction of sp³-hybridized carbons (Fsp3) is 0.182. The molecule has 0 amide bonds. The molecular formula is C88H72. The highest BCUT2D eigenvalue weighted by molar-refractivity contribution is 6.38. The molecule has 0 bridgehead atoms. The van der Waals surface area contributed by atoms with Crippen molar-refractivity contribution in [1.82, 2.24) is 0 Å². The van der Waals surface area contributed by atoms with Gasteiger partial charge in [0, 0.05) is 0 Å². The highest BCUT2D eigenvalue weighted by Gasteiger charge is 2.35. The number of hydrogen-bond donors (Lipinski definition) is 0. The molecule has 0 heteroatoms. The van der Waals surface area contributed by atoms with Gasteiger partial charge in [-0.25, -0.2) is 0 Å². The number of benzene rings is 16. The van der Waals surface area contributed by atoms with Crippen LogP contribution < -0.4 is 0 Å². The molecule has 0 atom stereocenters. The molecule has 0 unspecified atom stereocenters. The lowest BCUT2D eigenvalue weighted by Crippen LogP contribution is -2.12. The Morgan fingerprint density at radius 3 is 0.920 bits per heavy atom. The van der Waals surface area contributed by atoms with E-state index in [1.54, 1.807) is 0 Å². The summed E-state index contributed by atoms with van der Waals surface area (Å²) >= 11 is 0. The largest absolute Gasteiger partial charge is 0.0622 e. The van der Waals surface area contributed by atoms with Crippen LogP contribution in [-0.4, -0.2) is 0 Å². The predicted molar refractivity (Wildman–Crippen MR) is 385 cm³/mol. The van der Waals surface area contributed by atoms with Crippen molar-refractivity contribution < 1.29 is 0 Å². The second-order valence-corrected chi connectivity index (χ2v) is 30.0. The summed E-state index contributed by atoms with van der Waals surface area (Å²) in [7, 11) is 0. The molecule has 1 aliphatic rings. The van der Waals surface area contributed by atoms with Crippen molar-refractivity contribution in [3.8, 4) is 66.8 Å². The van der Waals surface area contributed by atoms with E-state index < -0.39 is 0 Å². The Labute approximate surface area is 516 Å². The summed E-state index contributed by atoms with van der Waals surface area (Å²) in [5.74, 6) is 0. The first kappa shape index (κ1) is 52.9. The Morgan fingerprint density at radius 1 is 0.182 bits per heavy atom. The lowest BCUT2D eigenvalue weighted by atomic mass is 9.75. The molecule has 424 valence electrons. The molecule has 16 aromatic carbocycles. The van der Waals surface area contributed by atoms with Gasteiger partial charge in [-0.05, 0) is 285 Å². The van der Waals surface area contributed by atoms with Crippen LogP contribution in [0.1, 0.15) is 105 Å². The Bertz CT molecular complexity index is 5660. The maximum atomic E-state index is 2.64. The third-order valence-corrected chi connectivity index (χ3v) is 20.3. The third-order valence-electron chi connectivity index (χ3n) is 20.3. The highest BCUT2D eigenvalue weighted by atomic mass is 14.4. The fourth-order valence-corrected chi connectivity index (χ4v) is 15.7. The first-order chi connectivity index (χ1) is 42.2. The van der Waals surface area contributed by atoms with Gasteiger partial charge >= 0.3 is 0 Å². The van der Waals surface area contributed by atoms with Gasteiger partial charge in [0.2, 0.25) is 0 Å². The van der Waals surface area contributed by atoms with Crippen LogP contribution in [0, 0.1) is 0 Å². The molecule has 88 heavy (non-hydrogen) atoms. The van der Waals surface area contributed by atoms with E-state index in [2.05, 4.69) is 301 Å². The Balaban J connectivity index is 1.13. The van der Waals surface area contributed by atoms with Gasteiger partial charge in [0.05, 0.1) is 0 Å². The van der Waals surface area contributed by atoms with E-state index >= 15 is 0 Å². The summed E-state index contributed by atoms with van der Waals surface area (Å²) in [6.07, 6.45) is 0. The summed E-state index contributed by atoms with van der Waals surface area (Å²) in [6.45, 7) is 28.6. The van der Waals surface area contributed by atoms with E-state index in [0.717, 1.165) is 0 Å². The van der Waals surface area contributed by atoms with Crippen LogP contribution in [0.3, 0.4) is 0 Å². The smallest absolute Gasteiger partial charge is 0.000696 e. The standard InChI is InChI=1S/C88H72/c1-85(2,3)58-36-56-43-69(73-47-60(87(7,8)9)34-54-41-65(49-24-15-13-16-25-49)71(45-58)76(56)78(54)73)81-67-38-51-28-19-20-29-52(51)39-68(67)82(84-75-40-53-30-21-22-31-62(53)63-32-23-33-64(80(63)75)83(81)84)70-44-57-37-59(86(4,5)6)46-72-66(50-26-17-14-18-27-50)42-55-35-61(88(10,11)12)48-74(70)79(55)77(57)72/h13-48H,1-12H3. The topological polar surface area (TPSA) is 0 Å². The zero-order valence-electron chi connectivity index (χ0n) is 52.8. The van der Waals surface area contributed by atoms with E-state index in [1.165, 1.54) is 197 Å². The van der Waals surface area contributed by atoms with Crippen LogP contribution in [0.15, 0.2) is 218 Å². The molecule has 16 aromatic rings. The molecule has 0 fully saturated rings. The van der Waals surface area contributed by atoms with Gasteiger partial charge in [-0.15, -0.1) is 0 Å². The zero-order chi connectivity index (χ0) is 60.2. The van der Waals surface area contributed by atoms with Gasteiger partial charge in [-0.2, -0.15) is 0 Å². The Morgan fingerprint density at radius 2 is 0.511 bits per heavy atom. The number of hydrogen-bond acceptors (Lipinski definition) is 0. The third kappa shape index (κ3) is 7.70. The van der Waals surface area contributed by atoms with Gasteiger partial charge in [-0.3, -0.25) is 0 Å². The van der Waals surface area contributed by atoms with Crippen molar-refractivity contribution in [2.75, 3.05) is 0 Å². The van der Waals surface area contributed by atoms with Crippen molar-refractivity contribution in [1.29, 1.82) is 0 Å². The van der Waals surface area contributed by atoms with Crippen LogP contribution in [0.2, 0.25) is 0 Å². The molecule has 0 saturated carbocycles. The number of fused-ring (bicyclic) bond motifs is 7. The van der Waals surface area contributed by atoms with Crippen molar-refractivity contribution >= 4 is 108 Å². The number of rotatable bonds is 4. The molecular weight excluding hydrogens is 1060 g/mol. The first-order valence-corrected chi connectivity index (χ1v) is 31.9. The maximum absolute atomic E-state index is 2.64. The molecule has 0 nitrogen and oxygen atoms in total. The van der Waals surface area contributed by atoms with E-state index in [0.29, 0.717) is 0 Å². The Hall–Kier alpha value is -9.36. The molecule has 1 aliphatic carbocycles. The summed E-state index contributed by atoms with van der Waals surface area (Å²) in [6, 6.07) is 86.1. The van der Waals surface area contributed by atoms with Gasteiger partial charge in [0.15, 0.2) is 0 Å². The predicted octanol–water partition coefficient (Wildman–Crippen LogP) is 25.6. The average molecular weight is 1130 g/mol. The van der Waals surface area contributed by atoms with Crippen LogP contribution in [0.5, 0.6) is 0 Å². The molecule has 0 saturated heterocycles. The minimum absolute atomic E-state index is 0.102. The SMILES string of the molecule is CC(C)(C)c1cc2cc(-c3c4c(c(-c5cc6cc(C(C)(C)C)cc7c(-c8ccccc8)cc8cc(C(C)(C)C)cc5c8c67)c5cc6ccccc6cc35)-c3cc5ccccc5c5cccc-4c35)c3cc(C(C)(C)C)cc4cc(-c5ccccc5)c(c1)c2c43. The van der Waals surface area contributed by atoms with Gasteiger partial charge < -0.3 is 0 Å². The van der Waals surface area contributed by atoms with E-state index in [1.807, 2.05) is 0 Å². The Kier molecular flexibility index (Phi) is 10.9. The van der Waals surface area contributed by atoms with E-state index in [-0.39, 0.29) is 21.7 Å². The summed E-state index contributed by atoms with van der Waals surface area (Å²) in [5, 5.41) is 26.0. The summed E-state index contributed by atoms with van der Waals surface area (Å²) < 4.78 is 0. The summed E-state index contributed by atoms with van der Waals surface area (Å²) in [4.78, 5) is 0. The maximum Gasteiger partial charge on any atom is -0.000696 e. The highest BCUT2D eigenvalue weighted by Crippen LogP contribution is 2.62. The lowest BCUT2D eigenvalue weighted by Gasteiger charge is -2.28. The minimum atomic E-state index is -0.132. The van der Waals surface area contributed by atoms with E-state index in [9.17, 15) is 0 Å². The van der Waals surface area contributed by atoms with Crippen molar-refractivity contribution in [3.63, 3.8) is 0 Å². The zero-order valence-corrected chi connectivity index (χ0v) is 52.8. The molecule has 0 N–H and O–H groups in total. The molecule has 0 spiro atoms. The quantitative estimate of drug-likeness (QED) is 0.122. The van der Waals surface area contributed by atoms with Crippen molar-refractivity contribution in [3.05, 3.63) is 241 Å². The second kappa shape index (κ2) is 18.1. The monoisotopic (exact) mass is 1130 g/mol. The van der Waals surface area contributed by atoms with Crippen LogP contribution in [0.25, 0.3) is 174 Å². The lowest BCUT2D eigenvalue weighted by molar-refractivity contribution is 0.591. The molecule has 0 aromatic heterocycles. The van der Waals surface area contributed by atoms with Gasteiger partial charge in [0.25, 0.3) is 0 Å². The van der Waals surface area contributed by atoms with Gasteiger partial charge in [-0.1, -0.05) is 235 Å². The summed E-state index contributed by atoms with van der Waals surface area (Å²) in [5.41, 5.74) is 20.4. The molecule has 17 rings (SSSR count). The van der Waals surface area contributed by atoms with Crippen LogP contribution >= 0.6 is 0 Å². The van der Waals surface area contributed by atoms with Crippen LogP contribution in [0.4, 0.5) is 0 Å². The fourth-order valence-electron chi connectivity index (χ4n) is 15.7. The average Bonchev–Trinajstić information content (AvgIpc) is 1.33. The molecule has 0 heterocycles. The minimum Gasteiger partial charge on any atom is -0.0622 e. The van der Waals surface area contributed by atoms with Gasteiger partial charge in [0.1, 0.15) is 0 Å². The molecule has 0 aliphatic heterocycles. The van der Waals surface area contributed by atoms with E-state index in [4.69, 9.17) is 0 Å². The van der Waals surface area contributed by atoms with Crippen molar-refractivity contribution in [2.24, 2.45) is 0 Å².